The maximum atomic E-state index is 5.97. The fourth-order valence-electron chi connectivity index (χ4n) is 1.87. The van der Waals surface area contributed by atoms with Crippen molar-refractivity contribution in [2.45, 2.75) is 34.1 Å². The number of aryl methyl sites for hydroxylation is 3. The number of halogens is 1. The Balaban J connectivity index is 2.38. The van der Waals surface area contributed by atoms with Gasteiger partial charge in [-0.05, 0) is 43.5 Å². The zero-order valence-corrected chi connectivity index (χ0v) is 12.4. The SMILES string of the molecule is CCc1nc(Cl)cc(Oc2cc(C)cc(C)c2C)n1. The smallest absolute Gasteiger partial charge is 0.224 e. The first kappa shape index (κ1) is 13.8. The molecule has 0 spiro atoms. The molecule has 1 aromatic carbocycles. The average Bonchev–Trinajstić information content (AvgIpc) is 2.34. The molecule has 0 saturated heterocycles. The third kappa shape index (κ3) is 3.24. The molecule has 0 aliphatic rings. The third-order valence-corrected chi connectivity index (χ3v) is 3.21. The molecular weight excluding hydrogens is 260 g/mol. The molecule has 3 nitrogen and oxygen atoms in total. The summed E-state index contributed by atoms with van der Waals surface area (Å²) in [5, 5.41) is 0.406. The van der Waals surface area contributed by atoms with E-state index < -0.39 is 0 Å². The lowest BCUT2D eigenvalue weighted by atomic mass is 10.1. The van der Waals surface area contributed by atoms with Gasteiger partial charge in [-0.3, -0.25) is 0 Å². The minimum Gasteiger partial charge on any atom is -0.439 e. The van der Waals surface area contributed by atoms with Crippen LogP contribution < -0.4 is 4.74 Å². The Morgan fingerprint density at radius 1 is 1.11 bits per heavy atom. The van der Waals surface area contributed by atoms with Gasteiger partial charge < -0.3 is 4.74 Å². The first-order valence-corrected chi connectivity index (χ1v) is 6.66. The molecule has 0 unspecified atom stereocenters. The van der Waals surface area contributed by atoms with E-state index >= 15 is 0 Å². The normalized spacial score (nSPS) is 10.6. The van der Waals surface area contributed by atoms with Crippen molar-refractivity contribution >= 4 is 11.6 Å². The maximum Gasteiger partial charge on any atom is 0.224 e. The molecule has 100 valence electrons. The lowest BCUT2D eigenvalue weighted by Crippen LogP contribution is -1.98. The standard InChI is InChI=1S/C15H17ClN2O/c1-5-14-17-13(16)8-15(18-14)19-12-7-9(2)6-10(3)11(12)4/h6-8H,5H2,1-4H3. The molecule has 0 aliphatic carbocycles. The molecule has 0 atom stereocenters. The molecule has 19 heavy (non-hydrogen) atoms. The fraction of sp³-hybridized carbons (Fsp3) is 0.333. The van der Waals surface area contributed by atoms with Crippen molar-refractivity contribution in [2.75, 3.05) is 0 Å². The summed E-state index contributed by atoms with van der Waals surface area (Å²) in [6.07, 6.45) is 0.725. The summed E-state index contributed by atoms with van der Waals surface area (Å²) < 4.78 is 5.86. The molecule has 0 fully saturated rings. The van der Waals surface area contributed by atoms with E-state index in [1.165, 1.54) is 5.56 Å². The predicted molar refractivity (Wildman–Crippen MR) is 77.1 cm³/mol. The van der Waals surface area contributed by atoms with Gasteiger partial charge in [-0.25, -0.2) is 4.98 Å². The van der Waals surface area contributed by atoms with Gasteiger partial charge in [0, 0.05) is 12.5 Å². The van der Waals surface area contributed by atoms with Gasteiger partial charge in [0.2, 0.25) is 5.88 Å². The minimum absolute atomic E-state index is 0.406. The van der Waals surface area contributed by atoms with Crippen LogP contribution in [0.2, 0.25) is 5.15 Å². The van der Waals surface area contributed by atoms with Crippen LogP contribution in [0.3, 0.4) is 0 Å². The number of nitrogens with zero attached hydrogens (tertiary/aromatic N) is 2. The van der Waals surface area contributed by atoms with E-state index in [2.05, 4.69) is 23.0 Å². The molecule has 4 heteroatoms. The summed E-state index contributed by atoms with van der Waals surface area (Å²) in [4.78, 5) is 8.46. The lowest BCUT2D eigenvalue weighted by Gasteiger charge is -2.12. The molecule has 2 aromatic rings. The highest BCUT2D eigenvalue weighted by Gasteiger charge is 2.08. The first-order chi connectivity index (χ1) is 8.99. The maximum absolute atomic E-state index is 5.97. The number of hydrogen-bond donors (Lipinski definition) is 0. The van der Waals surface area contributed by atoms with Crippen molar-refractivity contribution in [1.29, 1.82) is 0 Å². The van der Waals surface area contributed by atoms with Crippen LogP contribution in [0, 0.1) is 20.8 Å². The van der Waals surface area contributed by atoms with Crippen molar-refractivity contribution < 1.29 is 4.74 Å². The van der Waals surface area contributed by atoms with Gasteiger partial charge >= 0.3 is 0 Å². The predicted octanol–water partition coefficient (Wildman–Crippen LogP) is 4.41. The number of benzene rings is 1. The zero-order chi connectivity index (χ0) is 14.0. The van der Waals surface area contributed by atoms with Gasteiger partial charge in [0.1, 0.15) is 16.7 Å². The van der Waals surface area contributed by atoms with Crippen molar-refractivity contribution in [3.05, 3.63) is 45.9 Å². The fourth-order valence-corrected chi connectivity index (χ4v) is 2.06. The van der Waals surface area contributed by atoms with Crippen molar-refractivity contribution in [3.8, 4) is 11.6 Å². The second-order valence-electron chi connectivity index (χ2n) is 4.61. The van der Waals surface area contributed by atoms with Gasteiger partial charge in [0.25, 0.3) is 0 Å². The largest absolute Gasteiger partial charge is 0.439 e. The summed E-state index contributed by atoms with van der Waals surface area (Å²) in [5.41, 5.74) is 3.47. The molecule has 0 bridgehead atoms. The molecule has 1 heterocycles. The highest BCUT2D eigenvalue weighted by molar-refractivity contribution is 6.29. The number of rotatable bonds is 3. The Hall–Kier alpha value is -1.61. The third-order valence-electron chi connectivity index (χ3n) is 3.01. The highest BCUT2D eigenvalue weighted by atomic mass is 35.5. The van der Waals surface area contributed by atoms with Gasteiger partial charge in [-0.15, -0.1) is 0 Å². The zero-order valence-electron chi connectivity index (χ0n) is 11.6. The quantitative estimate of drug-likeness (QED) is 0.779. The highest BCUT2D eigenvalue weighted by Crippen LogP contribution is 2.28. The number of aromatic nitrogens is 2. The molecular formula is C15H17ClN2O. The van der Waals surface area contributed by atoms with Crippen molar-refractivity contribution in [1.82, 2.24) is 9.97 Å². The molecule has 0 amide bonds. The Morgan fingerprint density at radius 3 is 2.53 bits per heavy atom. The first-order valence-electron chi connectivity index (χ1n) is 6.28. The summed E-state index contributed by atoms with van der Waals surface area (Å²) in [5.74, 6) is 1.99. The monoisotopic (exact) mass is 276 g/mol. The van der Waals surface area contributed by atoms with E-state index in [-0.39, 0.29) is 0 Å². The van der Waals surface area contributed by atoms with Gasteiger partial charge in [-0.1, -0.05) is 24.6 Å². The molecule has 0 N–H and O–H groups in total. The minimum atomic E-state index is 0.406. The van der Waals surface area contributed by atoms with E-state index in [4.69, 9.17) is 16.3 Å². The Bertz CT molecular complexity index is 611. The van der Waals surface area contributed by atoms with E-state index in [1.807, 2.05) is 26.8 Å². The van der Waals surface area contributed by atoms with E-state index in [1.54, 1.807) is 6.07 Å². The van der Waals surface area contributed by atoms with Crippen LogP contribution in [0.5, 0.6) is 11.6 Å². The molecule has 0 saturated carbocycles. The van der Waals surface area contributed by atoms with Crippen LogP contribution in [-0.2, 0) is 6.42 Å². The van der Waals surface area contributed by atoms with Crippen LogP contribution in [0.25, 0.3) is 0 Å². The van der Waals surface area contributed by atoms with Gasteiger partial charge in [-0.2, -0.15) is 4.98 Å². The summed E-state index contributed by atoms with van der Waals surface area (Å²) in [6, 6.07) is 5.77. The second-order valence-corrected chi connectivity index (χ2v) is 4.99. The molecule has 1 aromatic heterocycles. The van der Waals surface area contributed by atoms with Crippen LogP contribution in [0.4, 0.5) is 0 Å². The molecule has 2 rings (SSSR count). The van der Waals surface area contributed by atoms with Crippen LogP contribution in [-0.4, -0.2) is 9.97 Å². The van der Waals surface area contributed by atoms with E-state index in [0.29, 0.717) is 16.9 Å². The van der Waals surface area contributed by atoms with Crippen LogP contribution in [0.1, 0.15) is 29.4 Å². The molecule has 0 radical (unpaired) electrons. The Morgan fingerprint density at radius 2 is 1.84 bits per heavy atom. The summed E-state index contributed by atoms with van der Waals surface area (Å²) in [7, 11) is 0. The lowest BCUT2D eigenvalue weighted by molar-refractivity contribution is 0.454. The van der Waals surface area contributed by atoms with E-state index in [0.717, 1.165) is 23.3 Å². The summed E-state index contributed by atoms with van der Waals surface area (Å²) >= 11 is 5.97. The van der Waals surface area contributed by atoms with E-state index in [9.17, 15) is 0 Å². The second kappa shape index (κ2) is 5.57. The number of hydrogen-bond acceptors (Lipinski definition) is 3. The Kier molecular flexibility index (Phi) is 4.05. The number of ether oxygens (including phenoxy) is 1. The van der Waals surface area contributed by atoms with Crippen molar-refractivity contribution in [3.63, 3.8) is 0 Å². The van der Waals surface area contributed by atoms with Crippen LogP contribution >= 0.6 is 11.6 Å². The Labute approximate surface area is 118 Å². The summed E-state index contributed by atoms with van der Waals surface area (Å²) in [6.45, 7) is 8.13. The van der Waals surface area contributed by atoms with Crippen LogP contribution in [0.15, 0.2) is 18.2 Å². The topological polar surface area (TPSA) is 35.0 Å². The molecule has 0 aliphatic heterocycles. The van der Waals surface area contributed by atoms with Gasteiger partial charge in [0.05, 0.1) is 0 Å². The van der Waals surface area contributed by atoms with Gasteiger partial charge in [0.15, 0.2) is 0 Å². The average molecular weight is 277 g/mol. The van der Waals surface area contributed by atoms with Crippen molar-refractivity contribution in [2.24, 2.45) is 0 Å².